The van der Waals surface area contributed by atoms with Crippen molar-refractivity contribution < 1.29 is 18.7 Å². The Hall–Kier alpha value is -1.62. The Morgan fingerprint density at radius 2 is 2.31 bits per heavy atom. The Bertz CT molecular complexity index is 513. The molecule has 0 bridgehead atoms. The number of benzene rings is 1. The standard InChI is InChI=1S/C10H7ClFNO3/c11-5-3-8-7(4-6(5)12)13-9(16-8)1-2-10(14)15/h3-4H,1-2H2,(H,14,15). The van der Waals surface area contributed by atoms with Gasteiger partial charge in [0.15, 0.2) is 11.5 Å². The molecule has 4 nitrogen and oxygen atoms in total. The number of rotatable bonds is 3. The van der Waals surface area contributed by atoms with Gasteiger partial charge >= 0.3 is 5.97 Å². The molecule has 1 aromatic carbocycles. The number of hydrogen-bond acceptors (Lipinski definition) is 3. The van der Waals surface area contributed by atoms with Gasteiger partial charge in [-0.25, -0.2) is 9.37 Å². The van der Waals surface area contributed by atoms with E-state index in [1.807, 2.05) is 0 Å². The molecule has 1 heterocycles. The number of hydrogen-bond donors (Lipinski definition) is 1. The lowest BCUT2D eigenvalue weighted by atomic mass is 10.3. The van der Waals surface area contributed by atoms with Gasteiger partial charge in [-0.05, 0) is 0 Å². The van der Waals surface area contributed by atoms with Crippen LogP contribution in [0.5, 0.6) is 0 Å². The number of oxazole rings is 1. The minimum atomic E-state index is -0.938. The van der Waals surface area contributed by atoms with Gasteiger partial charge in [-0.15, -0.1) is 0 Å². The van der Waals surface area contributed by atoms with Gasteiger partial charge in [0.2, 0.25) is 0 Å². The highest BCUT2D eigenvalue weighted by molar-refractivity contribution is 6.31. The molecule has 0 atom stereocenters. The molecule has 2 aromatic rings. The first-order valence-electron chi connectivity index (χ1n) is 4.52. The normalized spacial score (nSPS) is 10.9. The molecule has 1 N–H and O–H groups in total. The predicted molar refractivity (Wildman–Crippen MR) is 54.9 cm³/mol. The third kappa shape index (κ3) is 2.14. The van der Waals surface area contributed by atoms with Crippen LogP contribution in [0.25, 0.3) is 11.1 Å². The van der Waals surface area contributed by atoms with Crippen LogP contribution in [0, 0.1) is 5.82 Å². The first-order chi connectivity index (χ1) is 7.56. The Kier molecular flexibility index (Phi) is 2.78. The number of halogens is 2. The van der Waals surface area contributed by atoms with Crippen LogP contribution in [0.4, 0.5) is 4.39 Å². The lowest BCUT2D eigenvalue weighted by Gasteiger charge is -1.90. The Morgan fingerprint density at radius 1 is 1.56 bits per heavy atom. The second kappa shape index (κ2) is 4.09. The second-order valence-corrected chi connectivity index (χ2v) is 3.64. The van der Waals surface area contributed by atoms with E-state index in [0.717, 1.165) is 6.07 Å². The molecule has 84 valence electrons. The summed E-state index contributed by atoms with van der Waals surface area (Å²) in [5.41, 5.74) is 0.689. The lowest BCUT2D eigenvalue weighted by Crippen LogP contribution is -1.97. The maximum atomic E-state index is 13.1. The van der Waals surface area contributed by atoms with Crippen LogP contribution in [-0.4, -0.2) is 16.1 Å². The molecule has 2 rings (SSSR count). The van der Waals surface area contributed by atoms with Gasteiger partial charge in [-0.3, -0.25) is 4.79 Å². The van der Waals surface area contributed by atoms with Crippen LogP contribution < -0.4 is 0 Å². The van der Waals surface area contributed by atoms with Crippen molar-refractivity contribution in [2.24, 2.45) is 0 Å². The van der Waals surface area contributed by atoms with Gasteiger partial charge in [-0.2, -0.15) is 0 Å². The molecule has 0 unspecified atom stereocenters. The van der Waals surface area contributed by atoms with Crippen LogP contribution >= 0.6 is 11.6 Å². The van der Waals surface area contributed by atoms with Crippen molar-refractivity contribution in [1.29, 1.82) is 0 Å². The van der Waals surface area contributed by atoms with Gasteiger partial charge in [0.05, 0.1) is 11.4 Å². The zero-order chi connectivity index (χ0) is 11.7. The SMILES string of the molecule is O=C(O)CCc1nc2cc(F)c(Cl)cc2o1. The van der Waals surface area contributed by atoms with E-state index in [9.17, 15) is 9.18 Å². The van der Waals surface area contributed by atoms with E-state index in [-0.39, 0.29) is 23.8 Å². The van der Waals surface area contributed by atoms with Crippen molar-refractivity contribution in [3.05, 3.63) is 28.9 Å². The minimum Gasteiger partial charge on any atom is -0.481 e. The third-order valence-electron chi connectivity index (χ3n) is 2.03. The van der Waals surface area contributed by atoms with Crippen LogP contribution in [0.15, 0.2) is 16.5 Å². The van der Waals surface area contributed by atoms with Gasteiger partial charge in [0, 0.05) is 18.6 Å². The summed E-state index contributed by atoms with van der Waals surface area (Å²) in [7, 11) is 0. The number of aliphatic carboxylic acids is 1. The highest BCUT2D eigenvalue weighted by Crippen LogP contribution is 2.23. The summed E-state index contributed by atoms with van der Waals surface area (Å²) in [6.45, 7) is 0. The maximum absolute atomic E-state index is 13.1. The number of aryl methyl sites for hydroxylation is 1. The molecule has 6 heteroatoms. The molecular formula is C10H7ClFNO3. The fraction of sp³-hybridized carbons (Fsp3) is 0.200. The highest BCUT2D eigenvalue weighted by Gasteiger charge is 2.10. The van der Waals surface area contributed by atoms with Crippen molar-refractivity contribution in [2.75, 3.05) is 0 Å². The van der Waals surface area contributed by atoms with E-state index in [4.69, 9.17) is 21.1 Å². The molecule has 0 fully saturated rings. The largest absolute Gasteiger partial charge is 0.481 e. The number of carboxylic acids is 1. The van der Waals surface area contributed by atoms with Crippen LogP contribution in [0.3, 0.4) is 0 Å². The summed E-state index contributed by atoms with van der Waals surface area (Å²) in [6.07, 6.45) is 0.0896. The predicted octanol–water partition coefficient (Wildman–Crippen LogP) is 2.64. The molecule has 0 amide bonds. The smallest absolute Gasteiger partial charge is 0.303 e. The summed E-state index contributed by atoms with van der Waals surface area (Å²) in [5, 5.41) is 8.44. The number of carbonyl (C=O) groups is 1. The molecule has 1 aromatic heterocycles. The number of fused-ring (bicyclic) bond motifs is 1. The summed E-state index contributed by atoms with van der Waals surface area (Å²) in [4.78, 5) is 14.3. The second-order valence-electron chi connectivity index (χ2n) is 3.24. The zero-order valence-corrected chi connectivity index (χ0v) is 8.79. The molecule has 0 aliphatic rings. The monoisotopic (exact) mass is 243 g/mol. The van der Waals surface area contributed by atoms with E-state index >= 15 is 0 Å². The molecule has 0 saturated heterocycles. The summed E-state index contributed by atoms with van der Waals surface area (Å²) in [5.74, 6) is -1.25. The van der Waals surface area contributed by atoms with Crippen LogP contribution in [0.2, 0.25) is 5.02 Å². The summed E-state index contributed by atoms with van der Waals surface area (Å²) in [6, 6.07) is 2.48. The zero-order valence-electron chi connectivity index (χ0n) is 8.04. The number of nitrogens with zero attached hydrogens (tertiary/aromatic N) is 1. The Balaban J connectivity index is 2.33. The first-order valence-corrected chi connectivity index (χ1v) is 4.90. The fourth-order valence-corrected chi connectivity index (χ4v) is 1.45. The van der Waals surface area contributed by atoms with E-state index in [1.54, 1.807) is 0 Å². The van der Waals surface area contributed by atoms with Gasteiger partial charge in [0.25, 0.3) is 0 Å². The molecule has 0 aliphatic carbocycles. The van der Waals surface area contributed by atoms with Crippen LogP contribution in [-0.2, 0) is 11.2 Å². The molecule has 0 saturated carbocycles. The van der Waals surface area contributed by atoms with E-state index < -0.39 is 11.8 Å². The Morgan fingerprint density at radius 3 is 3.00 bits per heavy atom. The molecule has 0 aliphatic heterocycles. The summed E-state index contributed by atoms with van der Waals surface area (Å²) < 4.78 is 18.3. The fourth-order valence-electron chi connectivity index (χ4n) is 1.29. The average molecular weight is 244 g/mol. The number of carboxylic acid groups (broad SMARTS) is 1. The van der Waals surface area contributed by atoms with E-state index in [1.165, 1.54) is 6.07 Å². The highest BCUT2D eigenvalue weighted by atomic mass is 35.5. The van der Waals surface area contributed by atoms with Gasteiger partial charge < -0.3 is 9.52 Å². The number of aromatic nitrogens is 1. The van der Waals surface area contributed by atoms with Crippen molar-refractivity contribution in [3.63, 3.8) is 0 Å². The quantitative estimate of drug-likeness (QED) is 0.900. The van der Waals surface area contributed by atoms with Crippen molar-refractivity contribution in [1.82, 2.24) is 4.98 Å². The summed E-state index contributed by atoms with van der Waals surface area (Å²) >= 11 is 5.57. The molecule has 0 spiro atoms. The van der Waals surface area contributed by atoms with Gasteiger partial charge in [0.1, 0.15) is 11.3 Å². The molecular weight excluding hydrogens is 237 g/mol. The first kappa shape index (κ1) is 10.9. The van der Waals surface area contributed by atoms with Crippen molar-refractivity contribution in [2.45, 2.75) is 12.8 Å². The average Bonchev–Trinajstić information content (AvgIpc) is 2.58. The molecule has 16 heavy (non-hydrogen) atoms. The Labute approximate surface area is 94.6 Å². The topological polar surface area (TPSA) is 63.3 Å². The van der Waals surface area contributed by atoms with Crippen LogP contribution in [0.1, 0.15) is 12.3 Å². The van der Waals surface area contributed by atoms with Gasteiger partial charge in [-0.1, -0.05) is 11.6 Å². The lowest BCUT2D eigenvalue weighted by molar-refractivity contribution is -0.137. The van der Waals surface area contributed by atoms with Crippen molar-refractivity contribution in [3.8, 4) is 0 Å². The van der Waals surface area contributed by atoms with E-state index in [2.05, 4.69) is 4.98 Å². The molecule has 0 radical (unpaired) electrons. The third-order valence-corrected chi connectivity index (χ3v) is 2.32. The van der Waals surface area contributed by atoms with Crippen molar-refractivity contribution >= 4 is 28.7 Å². The van der Waals surface area contributed by atoms with E-state index in [0.29, 0.717) is 11.1 Å². The minimum absolute atomic E-state index is 0.0477. The maximum Gasteiger partial charge on any atom is 0.303 e.